The number of likely N-dealkylation sites (tertiary alicyclic amines) is 1. The predicted octanol–water partition coefficient (Wildman–Crippen LogP) is 1.51. The van der Waals surface area contributed by atoms with Crippen molar-refractivity contribution in [3.8, 4) is 0 Å². The van der Waals surface area contributed by atoms with Crippen LogP contribution in [0.3, 0.4) is 0 Å². The van der Waals surface area contributed by atoms with E-state index in [-0.39, 0.29) is 11.5 Å². The molecule has 1 N–H and O–H groups in total. The summed E-state index contributed by atoms with van der Waals surface area (Å²) in [5.74, 6) is 0.338. The molecular weight excluding hydrogens is 242 g/mol. The summed E-state index contributed by atoms with van der Waals surface area (Å²) in [4.78, 5) is 13.8. The van der Waals surface area contributed by atoms with Gasteiger partial charge in [-0.25, -0.2) is 8.78 Å². The number of hydrogen-bond acceptors (Lipinski definition) is 3. The summed E-state index contributed by atoms with van der Waals surface area (Å²) in [6, 6.07) is 1.14. The van der Waals surface area contributed by atoms with E-state index in [1.54, 1.807) is 4.90 Å². The Morgan fingerprint density at radius 1 is 1.39 bits per heavy atom. The number of carbonyl (C=O) groups is 1. The van der Waals surface area contributed by atoms with Gasteiger partial charge in [-0.3, -0.25) is 4.79 Å². The number of carbonyl (C=O) groups excluding carboxylic acids is 1. The van der Waals surface area contributed by atoms with Gasteiger partial charge in [0.05, 0.1) is 5.56 Å². The van der Waals surface area contributed by atoms with E-state index in [2.05, 4.69) is 5.32 Å². The number of amides is 1. The third-order valence-electron chi connectivity index (χ3n) is 3.76. The first-order valence-electron chi connectivity index (χ1n) is 6.01. The highest BCUT2D eigenvalue weighted by Crippen LogP contribution is 2.28. The van der Waals surface area contributed by atoms with Crippen LogP contribution in [0.2, 0.25) is 0 Å². The van der Waals surface area contributed by atoms with Crippen LogP contribution in [0, 0.1) is 11.8 Å². The minimum atomic E-state index is -2.67. The second-order valence-electron chi connectivity index (χ2n) is 4.93. The lowest BCUT2D eigenvalue weighted by molar-refractivity contribution is 0.0781. The van der Waals surface area contributed by atoms with Gasteiger partial charge >= 0.3 is 0 Å². The maximum atomic E-state index is 12.4. The van der Waals surface area contributed by atoms with Crippen molar-refractivity contribution in [2.45, 2.75) is 6.43 Å². The number of fused-ring (bicyclic) bond motifs is 1. The third-order valence-corrected chi connectivity index (χ3v) is 3.76. The summed E-state index contributed by atoms with van der Waals surface area (Å²) in [6.45, 7) is 3.27. The number of halogens is 2. The molecule has 2 fully saturated rings. The fraction of sp³-hybridized carbons (Fsp3) is 0.583. The van der Waals surface area contributed by atoms with Gasteiger partial charge in [0.15, 0.2) is 5.76 Å². The summed E-state index contributed by atoms with van der Waals surface area (Å²) in [7, 11) is 0. The highest BCUT2D eigenvalue weighted by Gasteiger charge is 2.38. The average Bonchev–Trinajstić information content (AvgIpc) is 3.02. The molecule has 0 spiro atoms. The Hall–Kier alpha value is -1.43. The Balaban J connectivity index is 1.71. The number of hydrogen-bond donors (Lipinski definition) is 1. The van der Waals surface area contributed by atoms with E-state index in [1.807, 2.05) is 0 Å². The first kappa shape index (κ1) is 11.6. The molecule has 1 aromatic rings. The predicted molar refractivity (Wildman–Crippen MR) is 59.4 cm³/mol. The maximum Gasteiger partial charge on any atom is 0.295 e. The highest BCUT2D eigenvalue weighted by molar-refractivity contribution is 5.94. The van der Waals surface area contributed by atoms with Gasteiger partial charge in [0.2, 0.25) is 0 Å². The minimum Gasteiger partial charge on any atom is -0.462 e. The largest absolute Gasteiger partial charge is 0.462 e. The first-order valence-corrected chi connectivity index (χ1v) is 6.01. The van der Waals surface area contributed by atoms with Crippen LogP contribution in [-0.4, -0.2) is 37.0 Å². The summed E-state index contributed by atoms with van der Waals surface area (Å²) < 4.78 is 29.5. The average molecular weight is 256 g/mol. The molecule has 0 aromatic carbocycles. The van der Waals surface area contributed by atoms with Crippen molar-refractivity contribution in [1.29, 1.82) is 0 Å². The highest BCUT2D eigenvalue weighted by atomic mass is 19.3. The molecule has 6 heteroatoms. The second kappa shape index (κ2) is 4.35. The fourth-order valence-electron chi connectivity index (χ4n) is 2.78. The molecule has 2 aliphatic heterocycles. The molecule has 0 saturated carbocycles. The van der Waals surface area contributed by atoms with Gasteiger partial charge in [0, 0.05) is 26.2 Å². The Morgan fingerprint density at radius 3 is 2.61 bits per heavy atom. The molecule has 0 aliphatic carbocycles. The van der Waals surface area contributed by atoms with Crippen molar-refractivity contribution >= 4 is 5.91 Å². The normalized spacial score (nSPS) is 26.9. The van der Waals surface area contributed by atoms with Crippen molar-refractivity contribution in [2.24, 2.45) is 11.8 Å². The molecule has 0 radical (unpaired) electrons. The quantitative estimate of drug-likeness (QED) is 0.872. The van der Waals surface area contributed by atoms with Crippen molar-refractivity contribution in [1.82, 2.24) is 10.2 Å². The lowest BCUT2D eigenvalue weighted by Crippen LogP contribution is -2.31. The molecule has 2 aliphatic rings. The van der Waals surface area contributed by atoms with Crippen LogP contribution in [0.1, 0.15) is 22.5 Å². The van der Waals surface area contributed by atoms with Gasteiger partial charge in [-0.15, -0.1) is 0 Å². The van der Waals surface area contributed by atoms with E-state index in [1.165, 1.54) is 0 Å². The van der Waals surface area contributed by atoms with Crippen molar-refractivity contribution < 1.29 is 18.0 Å². The molecule has 18 heavy (non-hydrogen) atoms. The number of furan rings is 1. The Kier molecular flexibility index (Phi) is 2.81. The van der Waals surface area contributed by atoms with E-state index < -0.39 is 12.2 Å². The summed E-state index contributed by atoms with van der Waals surface area (Å²) >= 11 is 0. The lowest BCUT2D eigenvalue weighted by Gasteiger charge is -2.16. The molecule has 0 bridgehead atoms. The maximum absolute atomic E-state index is 12.4. The van der Waals surface area contributed by atoms with E-state index in [0.717, 1.165) is 25.4 Å². The zero-order valence-corrected chi connectivity index (χ0v) is 9.73. The van der Waals surface area contributed by atoms with Crippen LogP contribution >= 0.6 is 0 Å². The van der Waals surface area contributed by atoms with Crippen LogP contribution in [-0.2, 0) is 0 Å². The summed E-state index contributed by atoms with van der Waals surface area (Å²) in [5.41, 5.74) is 0.221. The van der Waals surface area contributed by atoms with Gasteiger partial charge in [0.1, 0.15) is 6.26 Å². The van der Waals surface area contributed by atoms with Gasteiger partial charge in [-0.05, 0) is 17.9 Å². The van der Waals surface area contributed by atoms with Crippen LogP contribution in [0.25, 0.3) is 0 Å². The Bertz CT molecular complexity index is 449. The minimum absolute atomic E-state index is 0.208. The van der Waals surface area contributed by atoms with Crippen LogP contribution in [0.4, 0.5) is 8.78 Å². The number of nitrogens with zero attached hydrogens (tertiary/aromatic N) is 1. The monoisotopic (exact) mass is 256 g/mol. The molecule has 98 valence electrons. The topological polar surface area (TPSA) is 45.5 Å². The van der Waals surface area contributed by atoms with E-state index in [4.69, 9.17) is 4.42 Å². The van der Waals surface area contributed by atoms with Crippen LogP contribution < -0.4 is 5.32 Å². The number of rotatable bonds is 2. The van der Waals surface area contributed by atoms with Crippen molar-refractivity contribution in [2.75, 3.05) is 26.2 Å². The first-order chi connectivity index (χ1) is 8.65. The molecule has 2 saturated heterocycles. The van der Waals surface area contributed by atoms with Crippen LogP contribution in [0.15, 0.2) is 16.7 Å². The fourth-order valence-corrected chi connectivity index (χ4v) is 2.78. The Morgan fingerprint density at radius 2 is 2.06 bits per heavy atom. The number of nitrogens with one attached hydrogen (secondary N) is 1. The molecular formula is C12H14F2N2O2. The summed E-state index contributed by atoms with van der Waals surface area (Å²) in [6.07, 6.45) is -1.55. The standard InChI is InChI=1S/C12H14F2N2O2/c13-11(14)10-1-7(6-18-10)12(17)16-4-8-2-15-3-9(8)5-16/h1,6,8-9,11,15H,2-5H2. The third kappa shape index (κ3) is 1.90. The molecule has 4 nitrogen and oxygen atoms in total. The van der Waals surface area contributed by atoms with E-state index in [0.29, 0.717) is 24.9 Å². The van der Waals surface area contributed by atoms with Gasteiger partial charge in [-0.2, -0.15) is 0 Å². The zero-order chi connectivity index (χ0) is 12.7. The number of alkyl halides is 2. The van der Waals surface area contributed by atoms with Crippen molar-refractivity contribution in [3.05, 3.63) is 23.7 Å². The molecule has 3 rings (SSSR count). The van der Waals surface area contributed by atoms with Gasteiger partial charge < -0.3 is 14.6 Å². The smallest absolute Gasteiger partial charge is 0.295 e. The molecule has 1 aromatic heterocycles. The SMILES string of the molecule is O=C(c1coc(C(F)F)c1)N1CC2CNCC2C1. The second-order valence-corrected chi connectivity index (χ2v) is 4.93. The lowest BCUT2D eigenvalue weighted by atomic mass is 10.0. The molecule has 1 amide bonds. The Labute approximate surface area is 103 Å². The van der Waals surface area contributed by atoms with E-state index in [9.17, 15) is 13.6 Å². The van der Waals surface area contributed by atoms with Gasteiger partial charge in [0.25, 0.3) is 12.3 Å². The molecule has 3 heterocycles. The van der Waals surface area contributed by atoms with E-state index >= 15 is 0 Å². The van der Waals surface area contributed by atoms with Crippen LogP contribution in [0.5, 0.6) is 0 Å². The summed E-state index contributed by atoms with van der Waals surface area (Å²) in [5, 5.41) is 3.29. The zero-order valence-electron chi connectivity index (χ0n) is 9.73. The van der Waals surface area contributed by atoms with Gasteiger partial charge in [-0.1, -0.05) is 0 Å². The van der Waals surface area contributed by atoms with Crippen molar-refractivity contribution in [3.63, 3.8) is 0 Å². The molecule has 2 unspecified atom stereocenters. The molecule has 2 atom stereocenters.